The van der Waals surface area contributed by atoms with Crippen molar-refractivity contribution in [3.8, 4) is 5.75 Å². The van der Waals surface area contributed by atoms with Crippen LogP contribution in [0.4, 0.5) is 17.1 Å². The highest BCUT2D eigenvalue weighted by Crippen LogP contribution is 2.40. The van der Waals surface area contributed by atoms with Crippen molar-refractivity contribution < 1.29 is 9.53 Å². The van der Waals surface area contributed by atoms with Crippen LogP contribution in [0.15, 0.2) is 59.6 Å². The van der Waals surface area contributed by atoms with E-state index in [0.717, 1.165) is 53.0 Å². The van der Waals surface area contributed by atoms with Crippen LogP contribution in [0.5, 0.6) is 5.75 Å². The normalized spacial score (nSPS) is 15.6. The van der Waals surface area contributed by atoms with Crippen LogP contribution < -0.4 is 20.7 Å². The lowest BCUT2D eigenvalue weighted by Crippen LogP contribution is -2.42. The molecule has 3 N–H and O–H groups in total. The van der Waals surface area contributed by atoms with Gasteiger partial charge in [0.1, 0.15) is 17.3 Å². The Hall–Kier alpha value is -3.69. The number of aromatic nitrogens is 1. The summed E-state index contributed by atoms with van der Waals surface area (Å²) in [5, 5.41) is 2.94. The van der Waals surface area contributed by atoms with Crippen molar-refractivity contribution in [3.05, 3.63) is 60.1 Å². The van der Waals surface area contributed by atoms with Crippen molar-refractivity contribution >= 4 is 55.9 Å². The predicted octanol–water partition coefficient (Wildman–Crippen LogP) is 5.05. The molecule has 8 nitrogen and oxygen atoms in total. The first-order valence-corrected chi connectivity index (χ1v) is 13.1. The number of hydrogen-bond acceptors (Lipinski definition) is 7. The van der Waals surface area contributed by atoms with Crippen molar-refractivity contribution in [2.75, 3.05) is 44.5 Å². The molecule has 2 aromatic carbocycles. The number of rotatable bonds is 8. The topological polar surface area (TPSA) is 96.1 Å². The van der Waals surface area contributed by atoms with Gasteiger partial charge in [-0.15, -0.1) is 11.3 Å². The van der Waals surface area contributed by atoms with E-state index in [2.05, 4.69) is 51.8 Å². The molecule has 1 saturated heterocycles. The molecule has 4 rings (SSSR count). The number of nitrogens with one attached hydrogen (secondary N) is 1. The summed E-state index contributed by atoms with van der Waals surface area (Å²) >= 11 is 1.60. The van der Waals surface area contributed by atoms with E-state index < -0.39 is 0 Å². The first-order chi connectivity index (χ1) is 17.8. The maximum absolute atomic E-state index is 12.3. The highest BCUT2D eigenvalue weighted by atomic mass is 32.1. The molecule has 0 atom stereocenters. The number of amidine groups is 1. The van der Waals surface area contributed by atoms with E-state index in [-0.39, 0.29) is 5.91 Å². The maximum atomic E-state index is 12.3. The first kappa shape index (κ1) is 26.4. The Morgan fingerprint density at radius 2 is 2.08 bits per heavy atom. The van der Waals surface area contributed by atoms with Crippen LogP contribution in [0.1, 0.15) is 25.3 Å². The molecule has 1 aliphatic rings. The minimum Gasteiger partial charge on any atom is -0.494 e. The van der Waals surface area contributed by atoms with Crippen LogP contribution in [0.25, 0.3) is 15.8 Å². The molecule has 0 saturated carbocycles. The number of benzene rings is 2. The Balaban J connectivity index is 1.68. The van der Waals surface area contributed by atoms with Gasteiger partial charge in [-0.25, -0.2) is 9.98 Å². The number of amides is 1. The summed E-state index contributed by atoms with van der Waals surface area (Å²) < 4.78 is 6.82. The number of piperidine rings is 1. The zero-order valence-electron chi connectivity index (χ0n) is 21.8. The third-order valence-electron chi connectivity index (χ3n) is 6.76. The minimum atomic E-state index is -0.291. The van der Waals surface area contributed by atoms with Gasteiger partial charge in [-0.3, -0.25) is 4.79 Å². The number of thiazole rings is 1. The summed E-state index contributed by atoms with van der Waals surface area (Å²) in [5.41, 5.74) is 13.2. The third kappa shape index (κ3) is 6.18. The largest absolute Gasteiger partial charge is 0.494 e. The number of ether oxygens (including phenoxy) is 1. The molecule has 9 heteroatoms. The molecule has 0 radical (unpaired) electrons. The first-order valence-electron chi connectivity index (χ1n) is 12.2. The molecule has 2 heterocycles. The molecular weight excluding hydrogens is 484 g/mol. The lowest BCUT2D eigenvalue weighted by molar-refractivity contribution is -0.111. The minimum absolute atomic E-state index is 0.291. The number of likely N-dealkylation sites (tertiary alicyclic amines) is 1. The van der Waals surface area contributed by atoms with Gasteiger partial charge in [-0.2, -0.15) is 0 Å². The number of hydrogen-bond donors (Lipinski definition) is 2. The van der Waals surface area contributed by atoms with Crippen LogP contribution in [-0.4, -0.2) is 62.0 Å². The van der Waals surface area contributed by atoms with Gasteiger partial charge in [0.2, 0.25) is 5.91 Å². The molecule has 0 spiro atoms. The quantitative estimate of drug-likeness (QED) is 0.246. The van der Waals surface area contributed by atoms with Crippen molar-refractivity contribution in [2.45, 2.75) is 25.8 Å². The maximum Gasteiger partial charge on any atom is 0.247 e. The van der Waals surface area contributed by atoms with E-state index in [1.165, 1.54) is 6.08 Å². The van der Waals surface area contributed by atoms with E-state index in [0.29, 0.717) is 29.0 Å². The number of anilines is 2. The summed E-state index contributed by atoms with van der Waals surface area (Å²) in [6.45, 7) is 7.65. The summed E-state index contributed by atoms with van der Waals surface area (Å²) in [7, 11) is 5.80. The fourth-order valence-corrected chi connectivity index (χ4v) is 5.26. The molecular formula is C28H34N6O2S. The van der Waals surface area contributed by atoms with Gasteiger partial charge >= 0.3 is 0 Å². The molecule has 194 valence electrons. The van der Waals surface area contributed by atoms with Crippen molar-refractivity contribution in [1.29, 1.82) is 0 Å². The van der Waals surface area contributed by atoms with E-state index in [1.54, 1.807) is 24.5 Å². The van der Waals surface area contributed by atoms with Gasteiger partial charge in [0, 0.05) is 19.2 Å². The molecule has 0 bridgehead atoms. The number of carbonyl (C=O) groups excluding carboxylic acids is 1. The summed E-state index contributed by atoms with van der Waals surface area (Å²) in [6.07, 6.45) is 5.16. The summed E-state index contributed by atoms with van der Waals surface area (Å²) in [4.78, 5) is 25.8. The Morgan fingerprint density at radius 3 is 2.78 bits per heavy atom. The molecule has 0 unspecified atom stereocenters. The van der Waals surface area contributed by atoms with E-state index in [4.69, 9.17) is 10.5 Å². The average molecular weight is 519 g/mol. The zero-order chi connectivity index (χ0) is 26.5. The van der Waals surface area contributed by atoms with Crippen LogP contribution in [0, 0.1) is 0 Å². The fourth-order valence-electron chi connectivity index (χ4n) is 4.54. The standard InChI is InChI=1S/C28H34N6O2S/c1-6-28(35)32-22-15-23(25(36-5)16-24(22)34(4)20-9-11-33(3)12-10-20)31-27(29)13-18(2)19-7-8-21-26(14-19)37-17-30-21/h6-8,13-17,20H,1,9-12H2,2-5H3,(H2,29,31)(H,32,35)/b18-13+. The summed E-state index contributed by atoms with van der Waals surface area (Å²) in [6, 6.07) is 10.2. The van der Waals surface area contributed by atoms with Crippen LogP contribution in [0.2, 0.25) is 0 Å². The van der Waals surface area contributed by atoms with Crippen molar-refractivity contribution in [1.82, 2.24) is 9.88 Å². The number of nitrogens with zero attached hydrogens (tertiary/aromatic N) is 4. The fraction of sp³-hybridized carbons (Fsp3) is 0.321. The average Bonchev–Trinajstić information content (AvgIpc) is 3.37. The number of methoxy groups -OCH3 is 1. The molecule has 37 heavy (non-hydrogen) atoms. The molecule has 3 aromatic rings. The highest BCUT2D eigenvalue weighted by Gasteiger charge is 2.24. The molecule has 0 aliphatic carbocycles. The zero-order valence-corrected chi connectivity index (χ0v) is 22.6. The monoisotopic (exact) mass is 518 g/mol. The van der Waals surface area contributed by atoms with Crippen molar-refractivity contribution in [3.63, 3.8) is 0 Å². The predicted molar refractivity (Wildman–Crippen MR) is 155 cm³/mol. The van der Waals surface area contributed by atoms with Gasteiger partial charge in [0.05, 0.1) is 34.2 Å². The van der Waals surface area contributed by atoms with E-state index in [1.807, 2.05) is 36.7 Å². The molecule has 1 fully saturated rings. The number of allylic oxidation sites excluding steroid dienone is 1. The Labute approximate surface area is 222 Å². The number of carbonyl (C=O) groups is 1. The lowest BCUT2D eigenvalue weighted by atomic mass is 10.0. The van der Waals surface area contributed by atoms with Gasteiger partial charge in [-0.1, -0.05) is 12.6 Å². The van der Waals surface area contributed by atoms with Gasteiger partial charge in [-0.05, 0) is 81.4 Å². The van der Waals surface area contributed by atoms with E-state index in [9.17, 15) is 4.79 Å². The van der Waals surface area contributed by atoms with E-state index >= 15 is 0 Å². The molecule has 1 aromatic heterocycles. The number of nitrogens with two attached hydrogens (primary N) is 1. The Kier molecular flexibility index (Phi) is 8.25. The van der Waals surface area contributed by atoms with Crippen molar-refractivity contribution in [2.24, 2.45) is 10.7 Å². The SMILES string of the molecule is C=CC(=O)Nc1cc(N=C(N)/C=C(\C)c2ccc3ncsc3c2)c(OC)cc1N(C)C1CCN(C)CC1. The number of fused-ring (bicyclic) bond motifs is 1. The second kappa shape index (κ2) is 11.6. The highest BCUT2D eigenvalue weighted by molar-refractivity contribution is 7.16. The van der Waals surface area contributed by atoms with Gasteiger partial charge in [0.25, 0.3) is 0 Å². The second-order valence-corrected chi connectivity index (χ2v) is 10.2. The lowest BCUT2D eigenvalue weighted by Gasteiger charge is -2.37. The third-order valence-corrected chi connectivity index (χ3v) is 7.55. The molecule has 1 aliphatic heterocycles. The smallest absolute Gasteiger partial charge is 0.247 e. The van der Waals surface area contributed by atoms with Crippen LogP contribution >= 0.6 is 11.3 Å². The molecule has 1 amide bonds. The summed E-state index contributed by atoms with van der Waals surface area (Å²) in [5.74, 6) is 0.615. The van der Waals surface area contributed by atoms with Gasteiger partial charge < -0.3 is 25.6 Å². The Morgan fingerprint density at radius 1 is 1.32 bits per heavy atom. The second-order valence-electron chi connectivity index (χ2n) is 9.28. The van der Waals surface area contributed by atoms with Crippen LogP contribution in [-0.2, 0) is 4.79 Å². The number of aliphatic imine (C=N–C) groups is 1. The van der Waals surface area contributed by atoms with Gasteiger partial charge in [0.15, 0.2) is 0 Å². The van der Waals surface area contributed by atoms with Crippen LogP contribution in [0.3, 0.4) is 0 Å². The Bertz CT molecular complexity index is 1350.